The highest BCUT2D eigenvalue weighted by atomic mass is 16.6. The van der Waals surface area contributed by atoms with Gasteiger partial charge in [-0.1, -0.05) is 29.8 Å². The molecule has 0 amide bonds. The van der Waals surface area contributed by atoms with Crippen molar-refractivity contribution in [1.29, 1.82) is 0 Å². The Morgan fingerprint density at radius 2 is 1.76 bits per heavy atom. The fraction of sp³-hybridized carbons (Fsp3) is 0.0909. The zero-order valence-corrected chi connectivity index (χ0v) is 15.6. The van der Waals surface area contributed by atoms with E-state index in [4.69, 9.17) is 4.74 Å². The lowest BCUT2D eigenvalue weighted by atomic mass is 10.1. The Balaban J connectivity index is 1.46. The maximum atomic E-state index is 12.2. The van der Waals surface area contributed by atoms with Crippen LogP contribution in [0.1, 0.15) is 15.9 Å². The monoisotopic (exact) mass is 387 g/mol. The lowest BCUT2D eigenvalue weighted by Gasteiger charge is -2.06. The van der Waals surface area contributed by atoms with Gasteiger partial charge in [-0.15, -0.1) is 0 Å². The minimum atomic E-state index is -0.441. The summed E-state index contributed by atoms with van der Waals surface area (Å²) in [5.74, 6) is 0.490. The van der Waals surface area contributed by atoms with E-state index in [0.717, 1.165) is 11.1 Å². The maximum absolute atomic E-state index is 12.2. The molecule has 29 heavy (non-hydrogen) atoms. The van der Waals surface area contributed by atoms with E-state index in [1.807, 2.05) is 31.2 Å². The van der Waals surface area contributed by atoms with Crippen molar-refractivity contribution in [3.63, 3.8) is 0 Å². The van der Waals surface area contributed by atoms with Crippen LogP contribution in [0.3, 0.4) is 0 Å². The lowest BCUT2D eigenvalue weighted by Crippen LogP contribution is -2.11. The van der Waals surface area contributed by atoms with Crippen molar-refractivity contribution >= 4 is 17.1 Å². The molecule has 7 heteroatoms. The molecule has 0 aliphatic carbocycles. The molecule has 2 heterocycles. The van der Waals surface area contributed by atoms with E-state index < -0.39 is 4.92 Å². The van der Waals surface area contributed by atoms with Crippen LogP contribution in [0.5, 0.6) is 5.75 Å². The van der Waals surface area contributed by atoms with E-state index in [1.165, 1.54) is 12.3 Å². The fourth-order valence-corrected chi connectivity index (χ4v) is 2.92. The van der Waals surface area contributed by atoms with Gasteiger partial charge in [0.1, 0.15) is 11.4 Å². The smallest absolute Gasteiger partial charge is 0.286 e. The first-order valence-electron chi connectivity index (χ1n) is 8.96. The molecule has 0 N–H and O–H groups in total. The Morgan fingerprint density at radius 1 is 1.03 bits per heavy atom. The van der Waals surface area contributed by atoms with Crippen LogP contribution in [0.25, 0.3) is 16.9 Å². The third-order valence-corrected chi connectivity index (χ3v) is 4.54. The molecule has 7 nitrogen and oxygen atoms in total. The van der Waals surface area contributed by atoms with Gasteiger partial charge in [0.25, 0.3) is 5.69 Å². The summed E-state index contributed by atoms with van der Waals surface area (Å²) in [5, 5.41) is 10.9. The second-order valence-electron chi connectivity index (χ2n) is 6.64. The molecule has 4 rings (SSSR count). The van der Waals surface area contributed by atoms with Gasteiger partial charge >= 0.3 is 0 Å². The fourth-order valence-electron chi connectivity index (χ4n) is 2.92. The summed E-state index contributed by atoms with van der Waals surface area (Å²) in [7, 11) is 0. The summed E-state index contributed by atoms with van der Waals surface area (Å²) in [4.78, 5) is 27.2. The van der Waals surface area contributed by atoms with Crippen LogP contribution >= 0.6 is 0 Å². The number of fused-ring (bicyclic) bond motifs is 1. The van der Waals surface area contributed by atoms with E-state index in [0.29, 0.717) is 22.7 Å². The van der Waals surface area contributed by atoms with Crippen LogP contribution < -0.4 is 4.74 Å². The zero-order chi connectivity index (χ0) is 20.4. The Hall–Kier alpha value is -4.00. The molecule has 0 aliphatic heterocycles. The van der Waals surface area contributed by atoms with Crippen molar-refractivity contribution in [3.05, 3.63) is 94.3 Å². The predicted octanol–water partition coefficient (Wildman–Crippen LogP) is 4.48. The predicted molar refractivity (Wildman–Crippen MR) is 108 cm³/mol. The second-order valence-corrected chi connectivity index (χ2v) is 6.64. The summed E-state index contributed by atoms with van der Waals surface area (Å²) >= 11 is 0. The van der Waals surface area contributed by atoms with Crippen molar-refractivity contribution in [2.24, 2.45) is 0 Å². The molecule has 0 spiro atoms. The van der Waals surface area contributed by atoms with Crippen LogP contribution in [0, 0.1) is 17.0 Å². The second kappa shape index (κ2) is 7.55. The molecule has 144 valence electrons. The molecule has 0 aliphatic rings. The topological polar surface area (TPSA) is 86.7 Å². The molecular weight excluding hydrogens is 370 g/mol. The van der Waals surface area contributed by atoms with Crippen molar-refractivity contribution in [2.75, 3.05) is 6.61 Å². The van der Waals surface area contributed by atoms with E-state index in [2.05, 4.69) is 4.98 Å². The summed E-state index contributed by atoms with van der Waals surface area (Å²) in [6.45, 7) is 1.93. The van der Waals surface area contributed by atoms with Gasteiger partial charge in [-0.2, -0.15) is 0 Å². The van der Waals surface area contributed by atoms with Gasteiger partial charge in [-0.05, 0) is 37.3 Å². The maximum Gasteiger partial charge on any atom is 0.286 e. The van der Waals surface area contributed by atoms with Gasteiger partial charge < -0.3 is 4.74 Å². The number of ketones is 1. The number of Topliss-reactive ketones (excluding diaryl/α,β-unsaturated/α-hetero) is 1. The number of aromatic nitrogens is 2. The summed E-state index contributed by atoms with van der Waals surface area (Å²) < 4.78 is 7.22. The first kappa shape index (κ1) is 18.4. The van der Waals surface area contributed by atoms with Crippen LogP contribution in [-0.4, -0.2) is 26.7 Å². The largest absolute Gasteiger partial charge is 0.485 e. The number of aryl methyl sites for hydroxylation is 1. The molecule has 0 fully saturated rings. The molecule has 0 saturated heterocycles. The van der Waals surface area contributed by atoms with Crippen molar-refractivity contribution < 1.29 is 14.5 Å². The van der Waals surface area contributed by atoms with E-state index in [1.54, 1.807) is 40.9 Å². The lowest BCUT2D eigenvalue weighted by molar-refractivity contribution is -0.385. The molecule has 0 bridgehead atoms. The highest BCUT2D eigenvalue weighted by molar-refractivity contribution is 5.97. The minimum Gasteiger partial charge on any atom is -0.485 e. The number of carbonyl (C=O) groups excluding carboxylic acids is 1. The first-order valence-corrected chi connectivity index (χ1v) is 8.96. The number of hydrogen-bond donors (Lipinski definition) is 0. The molecular formula is C22H17N3O4. The van der Waals surface area contributed by atoms with Crippen LogP contribution in [-0.2, 0) is 0 Å². The van der Waals surface area contributed by atoms with Gasteiger partial charge in [0, 0.05) is 23.4 Å². The number of nitro groups is 1. The molecule has 0 unspecified atom stereocenters. The molecule has 2 aromatic heterocycles. The summed E-state index contributed by atoms with van der Waals surface area (Å²) in [6, 6.07) is 17.6. The molecule has 0 saturated carbocycles. The van der Waals surface area contributed by atoms with Crippen molar-refractivity contribution in [2.45, 2.75) is 6.92 Å². The Kier molecular flexibility index (Phi) is 4.78. The van der Waals surface area contributed by atoms with Gasteiger partial charge in [0.2, 0.25) is 0 Å². The third-order valence-electron chi connectivity index (χ3n) is 4.54. The quantitative estimate of drug-likeness (QED) is 0.277. The highest BCUT2D eigenvalue weighted by Gasteiger charge is 2.10. The SMILES string of the molecule is Cc1ccc(C(=O)COc2ccc(-c3cn4cc([N+](=O)[O-])ccc4n3)cc2)cc1. The number of carbonyl (C=O) groups is 1. The number of rotatable bonds is 6. The minimum absolute atomic E-state index is 0.00319. The third kappa shape index (κ3) is 3.98. The number of benzene rings is 2. The van der Waals surface area contributed by atoms with Crippen molar-refractivity contribution in [1.82, 2.24) is 9.38 Å². The molecule has 2 aromatic carbocycles. The Morgan fingerprint density at radius 3 is 2.45 bits per heavy atom. The van der Waals surface area contributed by atoms with E-state index >= 15 is 0 Å². The van der Waals surface area contributed by atoms with Gasteiger partial charge in [0.15, 0.2) is 12.4 Å². The standard InChI is InChI=1S/C22H17N3O4/c1-15-2-4-17(5-3-15)21(26)14-29-19-9-6-16(7-10-19)20-13-24-12-18(25(27)28)8-11-22(24)23-20/h2-13H,14H2,1H3. The number of nitrogens with zero attached hydrogens (tertiary/aromatic N) is 3. The average Bonchev–Trinajstić information content (AvgIpc) is 3.16. The number of ether oxygens (including phenoxy) is 1. The van der Waals surface area contributed by atoms with Crippen LogP contribution in [0.4, 0.5) is 5.69 Å². The van der Waals surface area contributed by atoms with Gasteiger partial charge in [-0.25, -0.2) is 4.98 Å². The zero-order valence-electron chi connectivity index (χ0n) is 15.6. The van der Waals surface area contributed by atoms with Gasteiger partial charge in [0.05, 0.1) is 16.8 Å². The molecule has 4 aromatic rings. The Labute approximate surface area is 166 Å². The van der Waals surface area contributed by atoms with Crippen LogP contribution in [0.15, 0.2) is 73.1 Å². The summed E-state index contributed by atoms with van der Waals surface area (Å²) in [5.41, 5.74) is 3.87. The summed E-state index contributed by atoms with van der Waals surface area (Å²) in [6.07, 6.45) is 3.17. The average molecular weight is 387 g/mol. The van der Waals surface area contributed by atoms with Crippen molar-refractivity contribution in [3.8, 4) is 17.0 Å². The Bertz CT molecular complexity index is 1200. The van der Waals surface area contributed by atoms with Gasteiger partial charge in [-0.3, -0.25) is 19.3 Å². The number of hydrogen-bond acceptors (Lipinski definition) is 5. The molecule has 0 atom stereocenters. The first-order chi connectivity index (χ1) is 14.0. The number of imidazole rings is 1. The van der Waals surface area contributed by atoms with Crippen LogP contribution in [0.2, 0.25) is 0 Å². The van der Waals surface area contributed by atoms with E-state index in [9.17, 15) is 14.9 Å². The molecule has 0 radical (unpaired) electrons. The highest BCUT2D eigenvalue weighted by Crippen LogP contribution is 2.23. The normalized spacial score (nSPS) is 10.8. The van der Waals surface area contributed by atoms with E-state index in [-0.39, 0.29) is 18.1 Å². The number of pyridine rings is 1.